The molecule has 0 saturated carbocycles. The first-order chi connectivity index (χ1) is 4.13. The molecule has 0 aliphatic carbocycles. The summed E-state index contributed by atoms with van der Waals surface area (Å²) in [6, 6.07) is 0. The van der Waals surface area contributed by atoms with Crippen molar-refractivity contribution in [2.75, 3.05) is 0 Å². The van der Waals surface area contributed by atoms with Gasteiger partial charge in [0.15, 0.2) is 5.12 Å². The van der Waals surface area contributed by atoms with Gasteiger partial charge in [-0.05, 0) is 5.41 Å². The molecule has 1 amide bonds. The lowest BCUT2D eigenvalue weighted by atomic mass is 10.6. The highest BCUT2D eigenvalue weighted by atomic mass is 32.2. The minimum absolute atomic E-state index is 0.0625. The highest BCUT2D eigenvalue weighted by molar-refractivity contribution is 8.16. The van der Waals surface area contributed by atoms with Crippen molar-refractivity contribution >= 4 is 22.8 Å². The SMILES string of the molecule is CC(=O)SC=CC(N)=O. The first-order valence-corrected chi connectivity index (χ1v) is 3.14. The standard InChI is InChI=1S/C5H7NO2S/c1-4(7)9-3-2-5(6)8/h2-3H,1H3,(H2,6,8). The average molecular weight is 145 g/mol. The zero-order chi connectivity index (χ0) is 7.28. The summed E-state index contributed by atoms with van der Waals surface area (Å²) in [7, 11) is 0. The first-order valence-electron chi connectivity index (χ1n) is 2.26. The third-order valence-corrected chi connectivity index (χ3v) is 1.07. The van der Waals surface area contributed by atoms with E-state index in [4.69, 9.17) is 5.73 Å². The molecule has 50 valence electrons. The molecule has 0 saturated heterocycles. The number of carbonyl (C=O) groups excluding carboxylic acids is 2. The Balaban J connectivity index is 3.48. The summed E-state index contributed by atoms with van der Waals surface area (Å²) >= 11 is 0.939. The van der Waals surface area contributed by atoms with E-state index in [2.05, 4.69) is 0 Å². The normalized spacial score (nSPS) is 9.89. The molecule has 0 aliphatic heterocycles. The van der Waals surface area contributed by atoms with Gasteiger partial charge in [0.25, 0.3) is 0 Å². The first kappa shape index (κ1) is 8.23. The number of rotatable bonds is 2. The fraction of sp³-hybridized carbons (Fsp3) is 0.200. The molecule has 0 aromatic carbocycles. The summed E-state index contributed by atoms with van der Waals surface area (Å²) in [5.41, 5.74) is 4.73. The number of hydrogen-bond donors (Lipinski definition) is 1. The predicted octanol–water partition coefficient (Wildman–Crippen LogP) is 0.265. The third kappa shape index (κ3) is 7.23. The Hall–Kier alpha value is -0.770. The second-order valence-electron chi connectivity index (χ2n) is 1.31. The highest BCUT2D eigenvalue weighted by Crippen LogP contribution is 2.00. The van der Waals surface area contributed by atoms with Gasteiger partial charge in [-0.15, -0.1) is 0 Å². The van der Waals surface area contributed by atoms with Gasteiger partial charge in [-0.3, -0.25) is 9.59 Å². The maximum absolute atomic E-state index is 10.2. The van der Waals surface area contributed by atoms with Crippen molar-refractivity contribution in [1.29, 1.82) is 0 Å². The molecule has 9 heavy (non-hydrogen) atoms. The van der Waals surface area contributed by atoms with Gasteiger partial charge >= 0.3 is 0 Å². The van der Waals surface area contributed by atoms with Gasteiger partial charge < -0.3 is 5.73 Å². The third-order valence-electron chi connectivity index (χ3n) is 0.466. The van der Waals surface area contributed by atoms with Crippen molar-refractivity contribution < 1.29 is 9.59 Å². The van der Waals surface area contributed by atoms with Crippen molar-refractivity contribution in [3.05, 3.63) is 11.5 Å². The minimum atomic E-state index is -0.538. The molecule has 0 atom stereocenters. The van der Waals surface area contributed by atoms with Gasteiger partial charge in [-0.1, -0.05) is 11.8 Å². The van der Waals surface area contributed by atoms with E-state index in [-0.39, 0.29) is 5.12 Å². The molecule has 0 unspecified atom stereocenters. The lowest BCUT2D eigenvalue weighted by Crippen LogP contribution is -2.04. The van der Waals surface area contributed by atoms with Crippen LogP contribution >= 0.6 is 11.8 Å². The molecule has 2 N–H and O–H groups in total. The Morgan fingerprint density at radius 3 is 2.44 bits per heavy atom. The van der Waals surface area contributed by atoms with E-state index in [1.807, 2.05) is 0 Å². The molecule has 0 rings (SSSR count). The summed E-state index contributed by atoms with van der Waals surface area (Å²) in [6.07, 6.45) is 1.14. The Bertz CT molecular complexity index is 153. The highest BCUT2D eigenvalue weighted by Gasteiger charge is 1.87. The minimum Gasteiger partial charge on any atom is -0.366 e. The number of nitrogens with two attached hydrogens (primary N) is 1. The Morgan fingerprint density at radius 2 is 2.11 bits per heavy atom. The van der Waals surface area contributed by atoms with Crippen LogP contribution in [0.1, 0.15) is 6.92 Å². The lowest BCUT2D eigenvalue weighted by Gasteiger charge is -1.80. The van der Waals surface area contributed by atoms with Gasteiger partial charge in [0.1, 0.15) is 0 Å². The summed E-state index contributed by atoms with van der Waals surface area (Å²) in [6.45, 7) is 1.41. The van der Waals surface area contributed by atoms with Crippen LogP contribution in [0.15, 0.2) is 11.5 Å². The van der Waals surface area contributed by atoms with Crippen molar-refractivity contribution in [1.82, 2.24) is 0 Å². The van der Waals surface area contributed by atoms with E-state index in [0.29, 0.717) is 0 Å². The Kier molecular flexibility index (Phi) is 3.79. The van der Waals surface area contributed by atoms with Crippen LogP contribution in [0.2, 0.25) is 0 Å². The van der Waals surface area contributed by atoms with Crippen molar-refractivity contribution in [2.45, 2.75) is 6.92 Å². The summed E-state index contributed by atoms with van der Waals surface area (Å²) < 4.78 is 0. The summed E-state index contributed by atoms with van der Waals surface area (Å²) in [4.78, 5) is 20.2. The average Bonchev–Trinajstić information content (AvgIpc) is 1.63. The molecule has 0 aromatic rings. The van der Waals surface area contributed by atoms with Crippen LogP contribution in [0.25, 0.3) is 0 Å². The molecular formula is C5H7NO2S. The van der Waals surface area contributed by atoms with E-state index in [1.54, 1.807) is 0 Å². The molecule has 0 aromatic heterocycles. The van der Waals surface area contributed by atoms with Crippen LogP contribution in [-0.2, 0) is 9.59 Å². The van der Waals surface area contributed by atoms with Gasteiger partial charge in [0.2, 0.25) is 5.91 Å². The number of amides is 1. The largest absolute Gasteiger partial charge is 0.366 e. The molecule has 3 nitrogen and oxygen atoms in total. The summed E-state index contributed by atoms with van der Waals surface area (Å²) in [5.74, 6) is -0.538. The van der Waals surface area contributed by atoms with E-state index in [9.17, 15) is 9.59 Å². The Morgan fingerprint density at radius 1 is 1.56 bits per heavy atom. The molecule has 0 radical (unpaired) electrons. The molecule has 0 aliphatic rings. The van der Waals surface area contributed by atoms with Gasteiger partial charge in [-0.2, -0.15) is 0 Å². The maximum Gasteiger partial charge on any atom is 0.241 e. The zero-order valence-corrected chi connectivity index (χ0v) is 5.77. The number of hydrogen-bond acceptors (Lipinski definition) is 3. The number of thioether (sulfide) groups is 1. The summed E-state index contributed by atoms with van der Waals surface area (Å²) in [5, 5.41) is 1.30. The quantitative estimate of drug-likeness (QED) is 0.567. The van der Waals surface area contributed by atoms with E-state index in [0.717, 1.165) is 17.8 Å². The van der Waals surface area contributed by atoms with Crippen LogP contribution in [0.4, 0.5) is 0 Å². The van der Waals surface area contributed by atoms with E-state index < -0.39 is 5.91 Å². The van der Waals surface area contributed by atoms with Crippen LogP contribution < -0.4 is 5.73 Å². The van der Waals surface area contributed by atoms with Crippen molar-refractivity contribution in [3.63, 3.8) is 0 Å². The topological polar surface area (TPSA) is 60.2 Å². The molecule has 4 heteroatoms. The fourth-order valence-electron chi connectivity index (χ4n) is 0.197. The van der Waals surface area contributed by atoms with Gasteiger partial charge in [0, 0.05) is 13.0 Å². The molecular weight excluding hydrogens is 138 g/mol. The van der Waals surface area contributed by atoms with Gasteiger partial charge in [-0.25, -0.2) is 0 Å². The predicted molar refractivity (Wildman–Crippen MR) is 36.6 cm³/mol. The molecule has 0 fully saturated rings. The van der Waals surface area contributed by atoms with Crippen LogP contribution in [0.3, 0.4) is 0 Å². The van der Waals surface area contributed by atoms with Gasteiger partial charge in [0.05, 0.1) is 0 Å². The van der Waals surface area contributed by atoms with E-state index >= 15 is 0 Å². The number of primary amides is 1. The smallest absolute Gasteiger partial charge is 0.241 e. The van der Waals surface area contributed by atoms with Crippen LogP contribution in [0, 0.1) is 0 Å². The van der Waals surface area contributed by atoms with E-state index in [1.165, 1.54) is 12.3 Å². The molecule has 0 heterocycles. The second-order valence-corrected chi connectivity index (χ2v) is 2.40. The van der Waals surface area contributed by atoms with Crippen LogP contribution in [-0.4, -0.2) is 11.0 Å². The van der Waals surface area contributed by atoms with Crippen LogP contribution in [0.5, 0.6) is 0 Å². The second kappa shape index (κ2) is 4.14. The lowest BCUT2D eigenvalue weighted by molar-refractivity contribution is -0.113. The fourth-order valence-corrected chi connectivity index (χ4v) is 0.591. The monoisotopic (exact) mass is 145 g/mol. The zero-order valence-electron chi connectivity index (χ0n) is 4.96. The number of carbonyl (C=O) groups is 2. The Labute approximate surface area is 57.3 Å². The molecule has 0 bridgehead atoms. The maximum atomic E-state index is 10.2. The van der Waals surface area contributed by atoms with Crippen molar-refractivity contribution in [3.8, 4) is 0 Å². The van der Waals surface area contributed by atoms with Crippen molar-refractivity contribution in [2.24, 2.45) is 5.73 Å². The molecule has 0 spiro atoms.